The smallest absolute Gasteiger partial charge is 0.358 e. The van der Waals surface area contributed by atoms with Crippen LogP contribution in [0.4, 0.5) is 5.69 Å². The summed E-state index contributed by atoms with van der Waals surface area (Å²) in [5.74, 6) is -0.775. The quantitative estimate of drug-likeness (QED) is 0.833. The first-order valence-corrected chi connectivity index (χ1v) is 6.67. The molecule has 0 bridgehead atoms. The van der Waals surface area contributed by atoms with Crippen LogP contribution in [0.3, 0.4) is 0 Å². The third kappa shape index (κ3) is 3.60. The second-order valence-corrected chi connectivity index (χ2v) is 4.49. The minimum absolute atomic E-state index is 0.112. The molecule has 8 heteroatoms. The SMILES string of the molecule is CCOc1ccc(NC(=O)Cn2nnc(C(=O)O)c2C)cc1. The van der Waals surface area contributed by atoms with E-state index in [0.717, 1.165) is 5.75 Å². The zero-order valence-corrected chi connectivity index (χ0v) is 12.2. The number of benzene rings is 1. The number of carboxylic acid groups (broad SMARTS) is 1. The van der Waals surface area contributed by atoms with Crippen molar-refractivity contribution in [1.82, 2.24) is 15.0 Å². The highest BCUT2D eigenvalue weighted by molar-refractivity contribution is 5.91. The predicted octanol–water partition coefficient (Wildman–Crippen LogP) is 1.32. The molecule has 0 aliphatic heterocycles. The molecule has 0 fully saturated rings. The maximum Gasteiger partial charge on any atom is 0.358 e. The summed E-state index contributed by atoms with van der Waals surface area (Å²) in [7, 11) is 0. The number of carbonyl (C=O) groups is 2. The van der Waals surface area contributed by atoms with E-state index in [1.807, 2.05) is 6.92 Å². The van der Waals surface area contributed by atoms with Gasteiger partial charge >= 0.3 is 5.97 Å². The van der Waals surface area contributed by atoms with Gasteiger partial charge in [-0.2, -0.15) is 0 Å². The van der Waals surface area contributed by atoms with Gasteiger partial charge in [-0.1, -0.05) is 5.21 Å². The summed E-state index contributed by atoms with van der Waals surface area (Å²) in [6, 6.07) is 6.95. The minimum atomic E-state index is -1.17. The molecule has 1 amide bonds. The number of hydrogen-bond acceptors (Lipinski definition) is 5. The second-order valence-electron chi connectivity index (χ2n) is 4.49. The van der Waals surface area contributed by atoms with Crippen molar-refractivity contribution < 1.29 is 19.4 Å². The maximum atomic E-state index is 11.9. The highest BCUT2D eigenvalue weighted by Crippen LogP contribution is 2.15. The van der Waals surface area contributed by atoms with Crippen LogP contribution in [0.1, 0.15) is 23.1 Å². The average Bonchev–Trinajstić information content (AvgIpc) is 2.83. The van der Waals surface area contributed by atoms with Crippen molar-refractivity contribution in [1.29, 1.82) is 0 Å². The van der Waals surface area contributed by atoms with Crippen LogP contribution < -0.4 is 10.1 Å². The number of hydrogen-bond donors (Lipinski definition) is 2. The van der Waals surface area contributed by atoms with Crippen molar-refractivity contribution in [3.05, 3.63) is 35.7 Å². The van der Waals surface area contributed by atoms with E-state index in [1.165, 1.54) is 4.68 Å². The number of nitrogens with zero attached hydrogens (tertiary/aromatic N) is 3. The lowest BCUT2D eigenvalue weighted by Gasteiger charge is -2.07. The predicted molar refractivity (Wildman–Crippen MR) is 78.0 cm³/mol. The number of rotatable bonds is 6. The number of aromatic nitrogens is 3. The van der Waals surface area contributed by atoms with E-state index >= 15 is 0 Å². The molecule has 1 aromatic carbocycles. The van der Waals surface area contributed by atoms with Crippen LogP contribution in [0.5, 0.6) is 5.75 Å². The van der Waals surface area contributed by atoms with Gasteiger partial charge in [0.15, 0.2) is 5.69 Å². The first-order chi connectivity index (χ1) is 10.5. The molecule has 2 rings (SSSR count). The summed E-state index contributed by atoms with van der Waals surface area (Å²) in [6.07, 6.45) is 0. The van der Waals surface area contributed by atoms with Crippen LogP contribution in [-0.2, 0) is 11.3 Å². The van der Waals surface area contributed by atoms with Gasteiger partial charge in [0.05, 0.1) is 12.3 Å². The normalized spacial score (nSPS) is 10.3. The van der Waals surface area contributed by atoms with Crippen molar-refractivity contribution in [2.24, 2.45) is 0 Å². The number of carbonyl (C=O) groups excluding carboxylic acids is 1. The summed E-state index contributed by atoms with van der Waals surface area (Å²) < 4.78 is 6.56. The van der Waals surface area contributed by atoms with Crippen LogP contribution in [0.15, 0.2) is 24.3 Å². The molecular formula is C14H16N4O4. The molecule has 22 heavy (non-hydrogen) atoms. The lowest BCUT2D eigenvalue weighted by molar-refractivity contribution is -0.117. The number of nitrogens with one attached hydrogen (secondary N) is 1. The van der Waals surface area contributed by atoms with Gasteiger partial charge in [0, 0.05) is 5.69 Å². The number of ether oxygens (including phenoxy) is 1. The zero-order chi connectivity index (χ0) is 16.1. The average molecular weight is 304 g/mol. The maximum absolute atomic E-state index is 11.9. The topological polar surface area (TPSA) is 106 Å². The third-order valence-electron chi connectivity index (χ3n) is 2.93. The lowest BCUT2D eigenvalue weighted by Crippen LogP contribution is -2.20. The third-order valence-corrected chi connectivity index (χ3v) is 2.93. The Balaban J connectivity index is 1.99. The van der Waals surface area contributed by atoms with E-state index in [9.17, 15) is 9.59 Å². The molecule has 1 aromatic heterocycles. The molecule has 0 saturated heterocycles. The number of aromatic carboxylic acids is 1. The highest BCUT2D eigenvalue weighted by atomic mass is 16.5. The molecule has 2 N–H and O–H groups in total. The van der Waals surface area contributed by atoms with E-state index in [2.05, 4.69) is 15.6 Å². The van der Waals surface area contributed by atoms with Gasteiger partial charge in [0.1, 0.15) is 12.3 Å². The molecule has 0 unspecified atom stereocenters. The second kappa shape index (κ2) is 6.70. The molecule has 0 saturated carbocycles. The molecule has 0 aliphatic carbocycles. The fourth-order valence-corrected chi connectivity index (χ4v) is 1.85. The van der Waals surface area contributed by atoms with E-state index in [-0.39, 0.29) is 18.1 Å². The largest absolute Gasteiger partial charge is 0.494 e. The number of amides is 1. The molecule has 0 atom stereocenters. The van der Waals surface area contributed by atoms with E-state index in [0.29, 0.717) is 18.0 Å². The van der Waals surface area contributed by atoms with Crippen LogP contribution in [0, 0.1) is 6.92 Å². The van der Waals surface area contributed by atoms with Crippen LogP contribution in [0.25, 0.3) is 0 Å². The Bertz CT molecular complexity index is 679. The van der Waals surface area contributed by atoms with Gasteiger partial charge in [-0.15, -0.1) is 5.10 Å². The van der Waals surface area contributed by atoms with E-state index in [4.69, 9.17) is 9.84 Å². The number of anilines is 1. The molecule has 0 spiro atoms. The van der Waals surface area contributed by atoms with Gasteiger partial charge in [0.25, 0.3) is 0 Å². The minimum Gasteiger partial charge on any atom is -0.494 e. The summed E-state index contributed by atoms with van der Waals surface area (Å²) in [5.41, 5.74) is 0.785. The standard InChI is InChI=1S/C14H16N4O4/c1-3-22-11-6-4-10(5-7-11)15-12(19)8-18-9(2)13(14(20)21)16-17-18/h4-7H,3,8H2,1-2H3,(H,15,19)(H,20,21). The van der Waals surface area contributed by atoms with Gasteiger partial charge in [-0.05, 0) is 38.1 Å². The van der Waals surface area contributed by atoms with Crippen molar-refractivity contribution in [3.63, 3.8) is 0 Å². The molecule has 0 aliphatic rings. The van der Waals surface area contributed by atoms with Crippen molar-refractivity contribution in [2.75, 3.05) is 11.9 Å². The fourth-order valence-electron chi connectivity index (χ4n) is 1.85. The summed E-state index contributed by atoms with van der Waals surface area (Å²) in [4.78, 5) is 22.8. The summed E-state index contributed by atoms with van der Waals surface area (Å²) in [5, 5.41) is 18.8. The van der Waals surface area contributed by atoms with Crippen LogP contribution in [-0.4, -0.2) is 38.6 Å². The van der Waals surface area contributed by atoms with Gasteiger partial charge in [0.2, 0.25) is 5.91 Å². The van der Waals surface area contributed by atoms with Crippen molar-refractivity contribution in [3.8, 4) is 5.75 Å². The van der Waals surface area contributed by atoms with Gasteiger partial charge in [-0.25, -0.2) is 9.48 Å². The Morgan fingerprint density at radius 2 is 2.00 bits per heavy atom. The van der Waals surface area contributed by atoms with Crippen molar-refractivity contribution >= 4 is 17.6 Å². The Morgan fingerprint density at radius 1 is 1.32 bits per heavy atom. The molecule has 1 heterocycles. The van der Waals surface area contributed by atoms with Crippen molar-refractivity contribution in [2.45, 2.75) is 20.4 Å². The zero-order valence-electron chi connectivity index (χ0n) is 12.2. The monoisotopic (exact) mass is 304 g/mol. The Hall–Kier alpha value is -2.90. The van der Waals surface area contributed by atoms with Gasteiger partial charge < -0.3 is 15.2 Å². The van der Waals surface area contributed by atoms with E-state index in [1.54, 1.807) is 31.2 Å². The Labute approximate surface area is 126 Å². The summed E-state index contributed by atoms with van der Waals surface area (Å²) in [6.45, 7) is 3.90. The Kier molecular flexibility index (Phi) is 4.72. The molecule has 0 radical (unpaired) electrons. The first-order valence-electron chi connectivity index (χ1n) is 6.67. The van der Waals surface area contributed by atoms with Gasteiger partial charge in [-0.3, -0.25) is 4.79 Å². The summed E-state index contributed by atoms with van der Waals surface area (Å²) >= 11 is 0. The van der Waals surface area contributed by atoms with Crippen LogP contribution >= 0.6 is 0 Å². The molecule has 116 valence electrons. The number of carboxylic acids is 1. The lowest BCUT2D eigenvalue weighted by atomic mass is 10.3. The fraction of sp³-hybridized carbons (Fsp3) is 0.286. The molecule has 2 aromatic rings. The molecule has 8 nitrogen and oxygen atoms in total. The van der Waals surface area contributed by atoms with E-state index < -0.39 is 5.97 Å². The first kappa shape index (κ1) is 15.5. The highest BCUT2D eigenvalue weighted by Gasteiger charge is 2.16. The molecular weight excluding hydrogens is 288 g/mol. The van der Waals surface area contributed by atoms with Crippen LogP contribution in [0.2, 0.25) is 0 Å². The Morgan fingerprint density at radius 3 is 2.55 bits per heavy atom.